The van der Waals surface area contributed by atoms with Gasteiger partial charge in [0.15, 0.2) is 0 Å². The average molecular weight is 237 g/mol. The minimum Gasteiger partial charge on any atom is -0.330 e. The summed E-state index contributed by atoms with van der Waals surface area (Å²) in [6.45, 7) is 8.92. The Morgan fingerprint density at radius 2 is 2.12 bits per heavy atom. The molecule has 1 rings (SSSR count). The van der Waals surface area contributed by atoms with E-state index < -0.39 is 0 Å². The Labute approximate surface area is 106 Å². The van der Waals surface area contributed by atoms with Gasteiger partial charge in [0.05, 0.1) is 23.8 Å². The Morgan fingerprint density at radius 1 is 1.41 bits per heavy atom. The van der Waals surface area contributed by atoms with Crippen LogP contribution in [-0.2, 0) is 5.54 Å². The highest BCUT2D eigenvalue weighted by Crippen LogP contribution is 2.24. The second-order valence-corrected chi connectivity index (χ2v) is 5.41. The number of nitrogens with zero attached hydrogens (tertiary/aromatic N) is 2. The predicted octanol–water partition coefficient (Wildman–Crippen LogP) is 3.48. The standard InChI is InChI=1S/C14H27N3/c1-6-7-8-9-12(2)17-11-16-10-13(17)14(3,4)15-5/h10-12,15H,6-9H2,1-5H3. The summed E-state index contributed by atoms with van der Waals surface area (Å²) in [5.74, 6) is 0. The van der Waals surface area contributed by atoms with Crippen LogP contribution in [0.25, 0.3) is 0 Å². The Hall–Kier alpha value is -0.830. The molecule has 1 unspecified atom stereocenters. The fourth-order valence-corrected chi connectivity index (χ4v) is 2.10. The molecule has 1 N–H and O–H groups in total. The van der Waals surface area contributed by atoms with E-state index in [9.17, 15) is 0 Å². The lowest BCUT2D eigenvalue weighted by Crippen LogP contribution is -2.35. The maximum absolute atomic E-state index is 4.31. The van der Waals surface area contributed by atoms with Crippen LogP contribution in [0.3, 0.4) is 0 Å². The Morgan fingerprint density at radius 3 is 2.71 bits per heavy atom. The van der Waals surface area contributed by atoms with Crippen molar-refractivity contribution in [1.29, 1.82) is 0 Å². The molecule has 1 aromatic heterocycles. The molecule has 1 atom stereocenters. The normalized spacial score (nSPS) is 13.9. The van der Waals surface area contributed by atoms with Crippen LogP contribution in [0.4, 0.5) is 0 Å². The summed E-state index contributed by atoms with van der Waals surface area (Å²) in [5, 5.41) is 3.35. The quantitative estimate of drug-likeness (QED) is 0.736. The molecule has 0 radical (unpaired) electrons. The first kappa shape index (κ1) is 14.2. The Balaban J connectivity index is 2.74. The molecule has 0 aliphatic carbocycles. The van der Waals surface area contributed by atoms with Crippen LogP contribution in [-0.4, -0.2) is 16.6 Å². The number of nitrogens with one attached hydrogen (secondary N) is 1. The molecular weight excluding hydrogens is 210 g/mol. The van der Waals surface area contributed by atoms with Gasteiger partial charge in [0.1, 0.15) is 0 Å². The lowest BCUT2D eigenvalue weighted by atomic mass is 10.0. The van der Waals surface area contributed by atoms with Gasteiger partial charge in [-0.25, -0.2) is 4.98 Å². The van der Waals surface area contributed by atoms with Crippen LogP contribution in [0.1, 0.15) is 65.1 Å². The summed E-state index contributed by atoms with van der Waals surface area (Å²) < 4.78 is 2.31. The Bertz CT molecular complexity index is 328. The lowest BCUT2D eigenvalue weighted by Gasteiger charge is -2.28. The average Bonchev–Trinajstić information content (AvgIpc) is 2.79. The smallest absolute Gasteiger partial charge is 0.0951 e. The number of hydrogen-bond donors (Lipinski definition) is 1. The number of hydrogen-bond acceptors (Lipinski definition) is 2. The molecule has 0 saturated carbocycles. The van der Waals surface area contributed by atoms with Crippen molar-refractivity contribution in [3.05, 3.63) is 18.2 Å². The third kappa shape index (κ3) is 3.56. The first-order valence-electron chi connectivity index (χ1n) is 6.74. The molecule has 3 nitrogen and oxygen atoms in total. The summed E-state index contributed by atoms with van der Waals surface area (Å²) in [6, 6.07) is 0.534. The largest absolute Gasteiger partial charge is 0.330 e. The number of aromatic nitrogens is 2. The van der Waals surface area contributed by atoms with E-state index in [1.54, 1.807) is 0 Å². The molecule has 0 bridgehead atoms. The van der Waals surface area contributed by atoms with E-state index in [0.717, 1.165) is 0 Å². The van der Waals surface area contributed by atoms with Crippen molar-refractivity contribution in [3.8, 4) is 0 Å². The van der Waals surface area contributed by atoms with Crippen LogP contribution < -0.4 is 5.32 Å². The zero-order valence-corrected chi connectivity index (χ0v) is 12.0. The molecule has 0 spiro atoms. The van der Waals surface area contributed by atoms with Crippen LogP contribution in [0.2, 0.25) is 0 Å². The molecule has 17 heavy (non-hydrogen) atoms. The van der Waals surface area contributed by atoms with Gasteiger partial charge in [0.2, 0.25) is 0 Å². The van der Waals surface area contributed by atoms with Gasteiger partial charge in [-0.15, -0.1) is 0 Å². The number of rotatable bonds is 7. The van der Waals surface area contributed by atoms with Crippen LogP contribution in [0.15, 0.2) is 12.5 Å². The maximum Gasteiger partial charge on any atom is 0.0951 e. The number of unbranched alkanes of at least 4 members (excludes halogenated alkanes) is 2. The lowest BCUT2D eigenvalue weighted by molar-refractivity contribution is 0.377. The molecular formula is C14H27N3. The molecule has 0 amide bonds. The minimum atomic E-state index is -0.0183. The highest BCUT2D eigenvalue weighted by molar-refractivity contribution is 5.11. The summed E-state index contributed by atoms with van der Waals surface area (Å²) in [6.07, 6.45) is 9.08. The molecule has 0 aliphatic rings. The van der Waals surface area contributed by atoms with Crippen LogP contribution in [0, 0.1) is 0 Å². The molecule has 1 aromatic rings. The van der Waals surface area contributed by atoms with Gasteiger partial charge in [0.25, 0.3) is 0 Å². The summed E-state index contributed by atoms with van der Waals surface area (Å²) in [4.78, 5) is 4.31. The third-order valence-corrected chi connectivity index (χ3v) is 3.63. The molecule has 0 saturated heterocycles. The second kappa shape index (κ2) is 6.20. The van der Waals surface area contributed by atoms with Crippen LogP contribution in [0.5, 0.6) is 0 Å². The van der Waals surface area contributed by atoms with E-state index in [1.165, 1.54) is 31.4 Å². The highest BCUT2D eigenvalue weighted by atomic mass is 15.1. The Kier molecular flexibility index (Phi) is 5.19. The SMILES string of the molecule is CCCCCC(C)n1cncc1C(C)(C)NC. The van der Waals surface area contributed by atoms with Crippen molar-refractivity contribution in [2.24, 2.45) is 0 Å². The van der Waals surface area contributed by atoms with Crippen molar-refractivity contribution in [1.82, 2.24) is 14.9 Å². The highest BCUT2D eigenvalue weighted by Gasteiger charge is 2.23. The number of imidazole rings is 1. The molecule has 3 heteroatoms. The van der Waals surface area contributed by atoms with Gasteiger partial charge in [-0.1, -0.05) is 26.2 Å². The molecule has 1 heterocycles. The van der Waals surface area contributed by atoms with E-state index in [1.807, 2.05) is 19.6 Å². The monoisotopic (exact) mass is 237 g/mol. The molecule has 98 valence electrons. The first-order chi connectivity index (χ1) is 8.03. The van der Waals surface area contributed by atoms with Gasteiger partial charge in [-0.05, 0) is 34.2 Å². The molecule has 0 aliphatic heterocycles. The van der Waals surface area contributed by atoms with E-state index in [4.69, 9.17) is 0 Å². The van der Waals surface area contributed by atoms with E-state index in [2.05, 4.69) is 42.6 Å². The second-order valence-electron chi connectivity index (χ2n) is 5.41. The van der Waals surface area contributed by atoms with Gasteiger partial charge < -0.3 is 9.88 Å². The van der Waals surface area contributed by atoms with Gasteiger partial charge in [-0.2, -0.15) is 0 Å². The van der Waals surface area contributed by atoms with Crippen molar-refractivity contribution >= 4 is 0 Å². The molecule has 0 aromatic carbocycles. The fourth-order valence-electron chi connectivity index (χ4n) is 2.10. The fraction of sp³-hybridized carbons (Fsp3) is 0.786. The van der Waals surface area contributed by atoms with Gasteiger partial charge >= 0.3 is 0 Å². The van der Waals surface area contributed by atoms with Gasteiger partial charge in [-0.3, -0.25) is 0 Å². The van der Waals surface area contributed by atoms with Crippen molar-refractivity contribution in [3.63, 3.8) is 0 Å². The van der Waals surface area contributed by atoms with E-state index >= 15 is 0 Å². The van der Waals surface area contributed by atoms with E-state index in [-0.39, 0.29) is 5.54 Å². The van der Waals surface area contributed by atoms with E-state index in [0.29, 0.717) is 6.04 Å². The van der Waals surface area contributed by atoms with Crippen molar-refractivity contribution in [2.75, 3.05) is 7.05 Å². The van der Waals surface area contributed by atoms with Crippen molar-refractivity contribution in [2.45, 2.75) is 65.0 Å². The topological polar surface area (TPSA) is 29.9 Å². The maximum atomic E-state index is 4.31. The first-order valence-corrected chi connectivity index (χ1v) is 6.74. The zero-order chi connectivity index (χ0) is 12.9. The summed E-state index contributed by atoms with van der Waals surface area (Å²) >= 11 is 0. The minimum absolute atomic E-state index is 0.0183. The molecule has 0 fully saturated rings. The zero-order valence-electron chi connectivity index (χ0n) is 12.0. The van der Waals surface area contributed by atoms with Crippen LogP contribution >= 0.6 is 0 Å². The van der Waals surface area contributed by atoms with Gasteiger partial charge in [0, 0.05) is 6.04 Å². The predicted molar refractivity (Wildman–Crippen MR) is 73.2 cm³/mol. The summed E-state index contributed by atoms with van der Waals surface area (Å²) in [7, 11) is 2.00. The summed E-state index contributed by atoms with van der Waals surface area (Å²) in [5.41, 5.74) is 1.25. The third-order valence-electron chi connectivity index (χ3n) is 3.63. The van der Waals surface area contributed by atoms with Crippen molar-refractivity contribution < 1.29 is 0 Å².